The van der Waals surface area contributed by atoms with Crippen molar-refractivity contribution in [3.8, 4) is 0 Å². The van der Waals surface area contributed by atoms with Gasteiger partial charge in [0, 0.05) is 44.1 Å². The van der Waals surface area contributed by atoms with Crippen LogP contribution >= 0.6 is 11.6 Å². The van der Waals surface area contributed by atoms with Gasteiger partial charge in [0.1, 0.15) is 0 Å². The van der Waals surface area contributed by atoms with E-state index in [2.05, 4.69) is 29.0 Å². The number of nitrogens with two attached hydrogens (primary N) is 1. The molecule has 3 nitrogen and oxygen atoms in total. The number of likely N-dealkylation sites (tertiary alicyclic amines) is 1. The fraction of sp³-hybridized carbons (Fsp3) is 0.571. The van der Waals surface area contributed by atoms with Gasteiger partial charge < -0.3 is 15.5 Å². The summed E-state index contributed by atoms with van der Waals surface area (Å²) in [6.07, 6.45) is 0. The first kappa shape index (κ1) is 12.3. The summed E-state index contributed by atoms with van der Waals surface area (Å²) in [5.41, 5.74) is 7.50. The second-order valence-corrected chi connectivity index (χ2v) is 6.08. The Morgan fingerprint density at radius 1 is 1.11 bits per heavy atom. The number of nitrogens with zero attached hydrogens (tertiary/aromatic N) is 2. The third kappa shape index (κ3) is 2.11. The molecule has 0 aliphatic carbocycles. The van der Waals surface area contributed by atoms with Gasteiger partial charge in [-0.25, -0.2) is 0 Å². The predicted octanol–water partition coefficient (Wildman–Crippen LogP) is 1.67. The van der Waals surface area contributed by atoms with Crippen LogP contribution in [0.4, 0.5) is 5.69 Å². The molecule has 2 heterocycles. The number of para-hydroxylation sites is 1. The Bertz CT molecular complexity index is 421. The zero-order valence-electron chi connectivity index (χ0n) is 10.7. The molecule has 0 saturated carbocycles. The highest BCUT2D eigenvalue weighted by molar-refractivity contribution is 6.33. The summed E-state index contributed by atoms with van der Waals surface area (Å²) in [6, 6.07) is 8.46. The Kier molecular flexibility index (Phi) is 3.22. The van der Waals surface area contributed by atoms with Crippen molar-refractivity contribution in [2.45, 2.75) is 6.04 Å². The van der Waals surface area contributed by atoms with Crippen LogP contribution < -0.4 is 10.6 Å². The fourth-order valence-electron chi connectivity index (χ4n) is 3.41. The van der Waals surface area contributed by atoms with E-state index in [4.69, 9.17) is 17.3 Å². The maximum atomic E-state index is 6.34. The van der Waals surface area contributed by atoms with Crippen LogP contribution in [0.5, 0.6) is 0 Å². The van der Waals surface area contributed by atoms with Crippen LogP contribution in [-0.2, 0) is 0 Å². The van der Waals surface area contributed by atoms with Crippen LogP contribution in [0.25, 0.3) is 0 Å². The van der Waals surface area contributed by atoms with Crippen molar-refractivity contribution in [3.63, 3.8) is 0 Å². The van der Waals surface area contributed by atoms with Crippen molar-refractivity contribution < 1.29 is 0 Å². The maximum Gasteiger partial charge on any atom is 0.0639 e. The Morgan fingerprint density at radius 3 is 2.33 bits per heavy atom. The SMILES string of the molecule is CN1CC2CN(c3ccccc3Cl)CC(C1)C2N. The second kappa shape index (κ2) is 4.72. The molecule has 0 amide bonds. The molecule has 2 atom stereocenters. The van der Waals surface area contributed by atoms with Gasteiger partial charge in [0.05, 0.1) is 10.7 Å². The molecule has 0 spiro atoms. The predicted molar refractivity (Wildman–Crippen MR) is 76.1 cm³/mol. The van der Waals surface area contributed by atoms with Gasteiger partial charge in [0.15, 0.2) is 0 Å². The zero-order chi connectivity index (χ0) is 12.7. The van der Waals surface area contributed by atoms with Crippen molar-refractivity contribution in [1.29, 1.82) is 0 Å². The van der Waals surface area contributed by atoms with Crippen LogP contribution in [0.15, 0.2) is 24.3 Å². The highest BCUT2D eigenvalue weighted by Crippen LogP contribution is 2.33. The molecule has 2 fully saturated rings. The Balaban J connectivity index is 1.84. The van der Waals surface area contributed by atoms with Gasteiger partial charge in [0.2, 0.25) is 0 Å². The number of halogens is 1. The third-order valence-corrected chi connectivity index (χ3v) is 4.60. The third-order valence-electron chi connectivity index (χ3n) is 4.28. The highest BCUT2D eigenvalue weighted by atomic mass is 35.5. The number of hydrogen-bond donors (Lipinski definition) is 1. The molecule has 4 heteroatoms. The number of anilines is 1. The summed E-state index contributed by atoms with van der Waals surface area (Å²) in [5, 5.41) is 0.847. The summed E-state index contributed by atoms with van der Waals surface area (Å²) in [5.74, 6) is 1.11. The molecule has 18 heavy (non-hydrogen) atoms. The minimum Gasteiger partial charge on any atom is -0.370 e. The Hall–Kier alpha value is -0.770. The van der Waals surface area contributed by atoms with E-state index < -0.39 is 0 Å². The molecule has 1 aromatic carbocycles. The summed E-state index contributed by atoms with van der Waals surface area (Å²) in [7, 11) is 2.19. The molecular weight excluding hydrogens is 246 g/mol. The van der Waals surface area contributed by atoms with Gasteiger partial charge >= 0.3 is 0 Å². The van der Waals surface area contributed by atoms with Gasteiger partial charge in [-0.1, -0.05) is 23.7 Å². The van der Waals surface area contributed by atoms with Crippen LogP contribution in [0, 0.1) is 11.8 Å². The number of benzene rings is 1. The molecule has 2 aliphatic heterocycles. The van der Waals surface area contributed by atoms with E-state index in [1.165, 1.54) is 0 Å². The number of hydrogen-bond acceptors (Lipinski definition) is 3. The summed E-state index contributed by atoms with van der Waals surface area (Å²) in [4.78, 5) is 4.82. The maximum absolute atomic E-state index is 6.34. The lowest BCUT2D eigenvalue weighted by Crippen LogP contribution is -2.62. The van der Waals surface area contributed by atoms with Crippen molar-refractivity contribution in [2.24, 2.45) is 17.6 Å². The van der Waals surface area contributed by atoms with E-state index in [0.29, 0.717) is 17.9 Å². The van der Waals surface area contributed by atoms with E-state index in [1.807, 2.05) is 12.1 Å². The standard InChI is InChI=1S/C14H20ClN3/c1-17-6-10-8-18(9-11(7-17)14(10)16)13-5-3-2-4-12(13)15/h2-5,10-11,14H,6-9,16H2,1H3. The molecule has 0 aromatic heterocycles. The van der Waals surface area contributed by atoms with Crippen LogP contribution in [-0.4, -0.2) is 44.2 Å². The van der Waals surface area contributed by atoms with E-state index in [9.17, 15) is 0 Å². The van der Waals surface area contributed by atoms with Crippen molar-refractivity contribution >= 4 is 17.3 Å². The van der Waals surface area contributed by atoms with Gasteiger partial charge in [0.25, 0.3) is 0 Å². The minimum atomic E-state index is 0.347. The smallest absolute Gasteiger partial charge is 0.0639 e. The van der Waals surface area contributed by atoms with Crippen molar-refractivity contribution in [1.82, 2.24) is 4.90 Å². The average Bonchev–Trinajstić information content (AvgIpc) is 2.32. The molecule has 98 valence electrons. The molecule has 3 rings (SSSR count). The molecule has 2 unspecified atom stereocenters. The van der Waals surface area contributed by atoms with Crippen LogP contribution in [0.3, 0.4) is 0 Å². The van der Waals surface area contributed by atoms with E-state index in [-0.39, 0.29) is 0 Å². The number of fused-ring (bicyclic) bond motifs is 2. The van der Waals surface area contributed by atoms with Gasteiger partial charge in [-0.2, -0.15) is 0 Å². The monoisotopic (exact) mass is 265 g/mol. The summed E-state index contributed by atoms with van der Waals surface area (Å²) >= 11 is 6.30. The van der Waals surface area contributed by atoms with Crippen LogP contribution in [0.2, 0.25) is 5.02 Å². The van der Waals surface area contributed by atoms with Crippen molar-refractivity contribution in [2.75, 3.05) is 38.1 Å². The lowest BCUT2D eigenvalue weighted by Gasteiger charge is -2.49. The van der Waals surface area contributed by atoms with Gasteiger partial charge in [-0.05, 0) is 19.2 Å². The highest BCUT2D eigenvalue weighted by Gasteiger charge is 2.39. The first-order chi connectivity index (χ1) is 8.65. The summed E-state index contributed by atoms with van der Waals surface area (Å²) in [6.45, 7) is 4.23. The van der Waals surface area contributed by atoms with Crippen molar-refractivity contribution in [3.05, 3.63) is 29.3 Å². The average molecular weight is 266 g/mol. The molecule has 2 aliphatic rings. The molecule has 0 radical (unpaired) electrons. The molecular formula is C14H20ClN3. The minimum absolute atomic E-state index is 0.347. The van der Waals surface area contributed by atoms with Crippen LogP contribution in [0.1, 0.15) is 0 Å². The van der Waals surface area contributed by atoms with E-state index in [0.717, 1.165) is 36.9 Å². The molecule has 2 saturated heterocycles. The number of rotatable bonds is 1. The summed E-state index contributed by atoms with van der Waals surface area (Å²) < 4.78 is 0. The van der Waals surface area contributed by atoms with Gasteiger partial charge in [-0.15, -0.1) is 0 Å². The topological polar surface area (TPSA) is 32.5 Å². The van der Waals surface area contributed by atoms with E-state index in [1.54, 1.807) is 0 Å². The second-order valence-electron chi connectivity index (χ2n) is 5.68. The van der Waals surface area contributed by atoms with Gasteiger partial charge in [-0.3, -0.25) is 0 Å². The molecule has 2 N–H and O–H groups in total. The fourth-order valence-corrected chi connectivity index (χ4v) is 3.66. The largest absolute Gasteiger partial charge is 0.370 e. The molecule has 1 aromatic rings. The normalized spacial score (nSPS) is 32.6. The Labute approximate surface area is 114 Å². The molecule has 2 bridgehead atoms. The quantitative estimate of drug-likeness (QED) is 0.838. The Morgan fingerprint density at radius 2 is 1.72 bits per heavy atom. The lowest BCUT2D eigenvalue weighted by molar-refractivity contribution is 0.107. The number of piperidine rings is 2. The van der Waals surface area contributed by atoms with E-state index >= 15 is 0 Å². The lowest BCUT2D eigenvalue weighted by atomic mass is 9.80. The first-order valence-corrected chi connectivity index (χ1v) is 6.96. The first-order valence-electron chi connectivity index (χ1n) is 6.59. The zero-order valence-corrected chi connectivity index (χ0v) is 11.5.